The maximum atomic E-state index is 13.0. The molecular weight excluding hydrogens is 418 g/mol. The summed E-state index contributed by atoms with van der Waals surface area (Å²) < 4.78 is 56.1. The molecule has 9 nitrogen and oxygen atoms in total. The van der Waals surface area contributed by atoms with Crippen LogP contribution in [0.2, 0.25) is 0 Å². The second-order valence-corrected chi connectivity index (χ2v) is 11.0. The van der Waals surface area contributed by atoms with Crippen molar-refractivity contribution in [2.24, 2.45) is 5.92 Å². The van der Waals surface area contributed by atoms with Gasteiger partial charge in [0.05, 0.1) is 16.5 Å². The molecule has 1 aliphatic rings. The zero-order valence-electron chi connectivity index (χ0n) is 16.4. The molecule has 11 heteroatoms. The number of anilines is 1. The van der Waals surface area contributed by atoms with Crippen molar-refractivity contribution in [1.82, 2.24) is 9.46 Å². The molecule has 0 bridgehead atoms. The Morgan fingerprint density at radius 1 is 1.21 bits per heavy atom. The molecular formula is C18H23N3O6S2. The van der Waals surface area contributed by atoms with E-state index in [-0.39, 0.29) is 40.0 Å². The van der Waals surface area contributed by atoms with E-state index in [4.69, 9.17) is 4.52 Å². The molecule has 2 aromatic rings. The summed E-state index contributed by atoms with van der Waals surface area (Å²) in [5.41, 5.74) is 0.460. The van der Waals surface area contributed by atoms with Crippen LogP contribution >= 0.6 is 0 Å². The van der Waals surface area contributed by atoms with Crippen LogP contribution in [0.1, 0.15) is 24.3 Å². The van der Waals surface area contributed by atoms with E-state index >= 15 is 0 Å². The minimum absolute atomic E-state index is 0.000726. The van der Waals surface area contributed by atoms with Gasteiger partial charge in [-0.1, -0.05) is 17.3 Å². The van der Waals surface area contributed by atoms with Crippen LogP contribution in [0, 0.1) is 19.8 Å². The summed E-state index contributed by atoms with van der Waals surface area (Å²) in [6.45, 7) is 3.37. The third kappa shape index (κ3) is 4.36. The van der Waals surface area contributed by atoms with E-state index in [2.05, 4.69) is 10.5 Å². The zero-order chi connectivity index (χ0) is 21.4. The molecule has 1 atom stereocenters. The van der Waals surface area contributed by atoms with E-state index in [0.29, 0.717) is 12.8 Å². The van der Waals surface area contributed by atoms with Gasteiger partial charge in [-0.25, -0.2) is 16.8 Å². The molecule has 1 N–H and O–H groups in total. The molecule has 1 aromatic heterocycles. The Morgan fingerprint density at radius 3 is 2.52 bits per heavy atom. The molecule has 2 heterocycles. The van der Waals surface area contributed by atoms with Gasteiger partial charge in [-0.05, 0) is 38.8 Å². The molecule has 3 rings (SSSR count). The number of piperidine rings is 1. The minimum atomic E-state index is -3.85. The lowest BCUT2D eigenvalue weighted by molar-refractivity contribution is -0.120. The average Bonchev–Trinajstić information content (AvgIpc) is 3.00. The first-order chi connectivity index (χ1) is 13.5. The Balaban J connectivity index is 1.81. The van der Waals surface area contributed by atoms with Gasteiger partial charge in [0.2, 0.25) is 15.9 Å². The Morgan fingerprint density at radius 2 is 1.90 bits per heavy atom. The fourth-order valence-electron chi connectivity index (χ4n) is 3.47. The first-order valence-corrected chi connectivity index (χ1v) is 12.4. The van der Waals surface area contributed by atoms with Gasteiger partial charge in [0.15, 0.2) is 15.6 Å². The van der Waals surface area contributed by atoms with Crippen LogP contribution in [-0.4, -0.2) is 51.5 Å². The largest absolute Gasteiger partial charge is 0.360 e. The highest BCUT2D eigenvalue weighted by Crippen LogP contribution is 2.29. The maximum Gasteiger partial charge on any atom is 0.248 e. The third-order valence-corrected chi connectivity index (χ3v) is 8.13. The number of carbonyl (C=O) groups is 1. The Hall–Kier alpha value is -2.24. The van der Waals surface area contributed by atoms with E-state index in [1.165, 1.54) is 23.4 Å². The number of amides is 1. The van der Waals surface area contributed by atoms with Crippen LogP contribution in [0.25, 0.3) is 0 Å². The topological polar surface area (TPSA) is 127 Å². The number of hydrogen-bond donors (Lipinski definition) is 1. The van der Waals surface area contributed by atoms with Crippen LogP contribution in [-0.2, 0) is 24.7 Å². The number of nitrogens with one attached hydrogen (secondary N) is 1. The normalized spacial score (nSPS) is 18.5. The van der Waals surface area contributed by atoms with Crippen LogP contribution in [0.5, 0.6) is 0 Å². The Kier molecular flexibility index (Phi) is 5.84. The summed E-state index contributed by atoms with van der Waals surface area (Å²) >= 11 is 0. The number of aryl methyl sites for hydroxylation is 2. The van der Waals surface area contributed by atoms with Crippen molar-refractivity contribution in [2.45, 2.75) is 36.5 Å². The quantitative estimate of drug-likeness (QED) is 0.749. The Labute approximate surface area is 170 Å². The van der Waals surface area contributed by atoms with Gasteiger partial charge in [-0.3, -0.25) is 4.79 Å². The Bertz CT molecular complexity index is 1120. The van der Waals surface area contributed by atoms with Crippen molar-refractivity contribution in [1.29, 1.82) is 0 Å². The monoisotopic (exact) mass is 441 g/mol. The third-order valence-electron chi connectivity index (χ3n) is 4.87. The number of sulfonamides is 1. The zero-order valence-corrected chi connectivity index (χ0v) is 18.0. The standard InChI is InChI=1S/C18H23N3O6S2/c1-12-17(13(2)27-20-12)29(25,26)21-10-6-7-14(11-21)18(22)19-15-8-4-5-9-16(15)28(3,23)24/h4-5,8-9,14H,6-7,10-11H2,1-3H3,(H,19,22). The van der Waals surface area contributed by atoms with Crippen molar-refractivity contribution in [2.75, 3.05) is 24.7 Å². The van der Waals surface area contributed by atoms with Gasteiger partial charge in [0, 0.05) is 19.3 Å². The molecule has 0 radical (unpaired) electrons. The minimum Gasteiger partial charge on any atom is -0.360 e. The average molecular weight is 442 g/mol. The van der Waals surface area contributed by atoms with Crippen molar-refractivity contribution in [3.05, 3.63) is 35.7 Å². The molecule has 1 amide bonds. The van der Waals surface area contributed by atoms with E-state index in [0.717, 1.165) is 6.26 Å². The number of carbonyl (C=O) groups excluding carboxylic acids is 1. The summed E-state index contributed by atoms with van der Waals surface area (Å²) in [7, 11) is -7.37. The number of rotatable bonds is 5. The lowest BCUT2D eigenvalue weighted by atomic mass is 9.99. The maximum absolute atomic E-state index is 13.0. The molecule has 1 fully saturated rings. The fraction of sp³-hybridized carbons (Fsp3) is 0.444. The van der Waals surface area contributed by atoms with Gasteiger partial charge >= 0.3 is 0 Å². The van der Waals surface area contributed by atoms with Gasteiger partial charge in [0.1, 0.15) is 10.6 Å². The lowest BCUT2D eigenvalue weighted by Gasteiger charge is -2.31. The first kappa shape index (κ1) is 21.5. The molecule has 29 heavy (non-hydrogen) atoms. The number of benzene rings is 1. The van der Waals surface area contributed by atoms with E-state index in [1.807, 2.05) is 0 Å². The van der Waals surface area contributed by atoms with Crippen molar-refractivity contribution in [3.63, 3.8) is 0 Å². The highest BCUT2D eigenvalue weighted by molar-refractivity contribution is 7.91. The van der Waals surface area contributed by atoms with Gasteiger partial charge in [0.25, 0.3) is 0 Å². The van der Waals surface area contributed by atoms with Crippen LogP contribution < -0.4 is 5.32 Å². The van der Waals surface area contributed by atoms with Gasteiger partial charge in [-0.2, -0.15) is 4.31 Å². The number of para-hydroxylation sites is 1. The number of nitrogens with zero attached hydrogens (tertiary/aromatic N) is 2. The van der Waals surface area contributed by atoms with Gasteiger partial charge < -0.3 is 9.84 Å². The predicted octanol–water partition coefficient (Wildman–Crippen LogP) is 1.73. The second kappa shape index (κ2) is 7.88. The fourth-order valence-corrected chi connectivity index (χ4v) is 6.13. The number of aromatic nitrogens is 1. The summed E-state index contributed by atoms with van der Waals surface area (Å²) in [5, 5.41) is 6.35. The van der Waals surface area contributed by atoms with Crippen molar-refractivity contribution in [3.8, 4) is 0 Å². The van der Waals surface area contributed by atoms with E-state index in [9.17, 15) is 21.6 Å². The highest BCUT2D eigenvalue weighted by Gasteiger charge is 2.36. The number of sulfone groups is 1. The molecule has 158 valence electrons. The molecule has 0 spiro atoms. The molecule has 1 aromatic carbocycles. The molecule has 0 saturated carbocycles. The van der Waals surface area contributed by atoms with Gasteiger partial charge in [-0.15, -0.1) is 0 Å². The van der Waals surface area contributed by atoms with Crippen LogP contribution in [0.15, 0.2) is 38.6 Å². The summed E-state index contributed by atoms with van der Waals surface area (Å²) in [6.07, 6.45) is 2.07. The lowest BCUT2D eigenvalue weighted by Crippen LogP contribution is -2.44. The smallest absolute Gasteiger partial charge is 0.248 e. The van der Waals surface area contributed by atoms with Crippen LogP contribution in [0.3, 0.4) is 0 Å². The molecule has 1 aliphatic heterocycles. The van der Waals surface area contributed by atoms with Crippen LogP contribution in [0.4, 0.5) is 5.69 Å². The summed E-state index contributed by atoms with van der Waals surface area (Å²) in [4.78, 5) is 12.8. The highest BCUT2D eigenvalue weighted by atomic mass is 32.2. The molecule has 0 aliphatic carbocycles. The first-order valence-electron chi connectivity index (χ1n) is 9.05. The molecule has 1 unspecified atom stereocenters. The van der Waals surface area contributed by atoms with E-state index < -0.39 is 31.7 Å². The second-order valence-electron chi connectivity index (χ2n) is 7.11. The predicted molar refractivity (Wildman–Crippen MR) is 106 cm³/mol. The summed E-state index contributed by atoms with van der Waals surface area (Å²) in [5.74, 6) is -0.817. The number of hydrogen-bond acceptors (Lipinski definition) is 7. The molecule has 1 saturated heterocycles. The van der Waals surface area contributed by atoms with E-state index in [1.54, 1.807) is 19.1 Å². The SMILES string of the molecule is Cc1noc(C)c1S(=O)(=O)N1CCCC(C(=O)Nc2ccccc2S(C)(=O)=O)C1. The summed E-state index contributed by atoms with van der Waals surface area (Å²) in [6, 6.07) is 6.12. The van der Waals surface area contributed by atoms with Crippen molar-refractivity contribution >= 4 is 31.5 Å². The van der Waals surface area contributed by atoms with Crippen molar-refractivity contribution < 1.29 is 26.2 Å².